The van der Waals surface area contributed by atoms with Crippen LogP contribution in [-0.2, 0) is 11.5 Å². The fraction of sp³-hybridized carbons (Fsp3) is 0.300. The lowest BCUT2D eigenvalue weighted by atomic mass is 9.83. The lowest BCUT2D eigenvalue weighted by Gasteiger charge is -2.29. The number of carboxylic acid groups (broad SMARTS) is 1. The minimum atomic E-state index is -4.90. The number of nitrogens with one attached hydrogen (secondary N) is 2. The molecule has 0 saturated carbocycles. The van der Waals surface area contributed by atoms with E-state index in [1.54, 1.807) is 12.1 Å². The fourth-order valence-electron chi connectivity index (χ4n) is 4.44. The first kappa shape index (κ1) is 32.0. The number of carbonyl (C=O) groups is 3. The Morgan fingerprint density at radius 2 is 1.57 bits per heavy atom. The van der Waals surface area contributed by atoms with Crippen molar-refractivity contribution in [1.82, 2.24) is 10.6 Å². The Kier molecular flexibility index (Phi) is 11.0. The van der Waals surface area contributed by atoms with Crippen LogP contribution >= 0.6 is 0 Å². The Balaban J connectivity index is 1.96. The molecule has 3 rings (SSSR count). The Labute approximate surface area is 238 Å². The number of ether oxygens (including phenoxy) is 1. The number of alkyl halides is 4. The van der Waals surface area contributed by atoms with Crippen LogP contribution in [0.25, 0.3) is 0 Å². The minimum Gasteiger partial charge on any atom is -0.481 e. The Bertz CT molecular complexity index is 1380. The zero-order valence-electron chi connectivity index (χ0n) is 22.5. The monoisotopic (exact) mass is 592 g/mol. The third-order valence-corrected chi connectivity index (χ3v) is 6.42. The molecule has 0 saturated heterocycles. The number of benzene rings is 3. The van der Waals surface area contributed by atoms with Gasteiger partial charge in [0.25, 0.3) is 11.8 Å². The molecule has 0 fully saturated rings. The molecule has 0 aliphatic rings. The van der Waals surface area contributed by atoms with Gasteiger partial charge in [-0.3, -0.25) is 14.4 Å². The molecule has 0 bridgehead atoms. The van der Waals surface area contributed by atoms with Crippen LogP contribution in [-0.4, -0.2) is 35.8 Å². The molecule has 224 valence electrons. The van der Waals surface area contributed by atoms with Gasteiger partial charge in [-0.05, 0) is 59.5 Å². The highest BCUT2D eigenvalue weighted by Gasteiger charge is 2.32. The maximum Gasteiger partial charge on any atom is 0.573 e. The highest BCUT2D eigenvalue weighted by atomic mass is 19.4. The summed E-state index contributed by atoms with van der Waals surface area (Å²) in [6.45, 7) is 0.922. The summed E-state index contributed by atoms with van der Waals surface area (Å²) in [5.74, 6) is -4.21. The summed E-state index contributed by atoms with van der Waals surface area (Å²) in [7, 11) is 0. The Hall–Kier alpha value is -4.48. The second-order valence-electron chi connectivity index (χ2n) is 9.43. The summed E-state index contributed by atoms with van der Waals surface area (Å²) in [5, 5.41) is 14.0. The normalized spacial score (nSPS) is 12.7. The molecule has 42 heavy (non-hydrogen) atoms. The number of halogens is 5. The predicted molar refractivity (Wildman–Crippen MR) is 143 cm³/mol. The van der Waals surface area contributed by atoms with E-state index in [0.717, 1.165) is 24.3 Å². The van der Waals surface area contributed by atoms with Gasteiger partial charge in [0.2, 0.25) is 0 Å². The maximum atomic E-state index is 14.7. The van der Waals surface area contributed by atoms with Gasteiger partial charge in [0, 0.05) is 18.0 Å². The van der Waals surface area contributed by atoms with Gasteiger partial charge in [-0.25, -0.2) is 8.78 Å². The lowest BCUT2D eigenvalue weighted by Crippen LogP contribution is -2.33. The molecule has 0 spiro atoms. The van der Waals surface area contributed by atoms with Gasteiger partial charge in [0.1, 0.15) is 18.2 Å². The van der Waals surface area contributed by atoms with Crippen LogP contribution in [0.4, 0.5) is 22.0 Å². The van der Waals surface area contributed by atoms with Crippen LogP contribution in [0.15, 0.2) is 66.7 Å². The van der Waals surface area contributed by atoms with Crippen molar-refractivity contribution in [2.24, 2.45) is 0 Å². The summed E-state index contributed by atoms with van der Waals surface area (Å²) in [6, 6.07) is 13.8. The number of aliphatic carboxylic acids is 1. The van der Waals surface area contributed by atoms with Gasteiger partial charge in [0.15, 0.2) is 0 Å². The number of amides is 2. The van der Waals surface area contributed by atoms with Crippen molar-refractivity contribution < 1.29 is 46.2 Å². The first-order chi connectivity index (χ1) is 19.9. The van der Waals surface area contributed by atoms with Crippen molar-refractivity contribution in [2.45, 2.75) is 51.2 Å². The quantitative estimate of drug-likeness (QED) is 0.198. The molecule has 0 aliphatic carbocycles. The topological polar surface area (TPSA) is 105 Å². The molecule has 2 amide bonds. The van der Waals surface area contributed by atoms with Gasteiger partial charge in [-0.15, -0.1) is 13.2 Å². The van der Waals surface area contributed by atoms with Gasteiger partial charge in [-0.1, -0.05) is 43.7 Å². The van der Waals surface area contributed by atoms with Crippen LogP contribution in [0, 0.1) is 5.82 Å². The SMILES string of the molecule is CCCC(c1ccc(C(=O)NCCC(=O)O)cc1)C(NC(=O)c1ccc(CF)cc1F)c1ccc(OC(F)(F)F)cc1. The molecule has 3 N–H and O–H groups in total. The first-order valence-corrected chi connectivity index (χ1v) is 13.0. The number of carbonyl (C=O) groups excluding carboxylic acids is 2. The zero-order chi connectivity index (χ0) is 30.9. The standard InChI is InChI=1S/C30H29F5N2O5/c1-2-3-23(19-5-7-21(8-6-19)28(40)36-15-14-26(38)39)27(20-9-11-22(12-10-20)42-30(33,34)35)37-29(41)24-13-4-18(17-31)16-25(24)32/h4-13,16,23,27H,2-3,14-15,17H2,1H3,(H,36,40)(H,37,41)(H,38,39). The van der Waals surface area contributed by atoms with Crippen LogP contribution in [0.2, 0.25) is 0 Å². The van der Waals surface area contributed by atoms with Crippen molar-refractivity contribution in [3.8, 4) is 5.75 Å². The van der Waals surface area contributed by atoms with E-state index in [9.17, 15) is 36.3 Å². The Morgan fingerprint density at radius 1 is 0.929 bits per heavy atom. The third-order valence-electron chi connectivity index (χ3n) is 6.42. The number of hydrogen-bond donors (Lipinski definition) is 3. The lowest BCUT2D eigenvalue weighted by molar-refractivity contribution is -0.274. The summed E-state index contributed by atoms with van der Waals surface area (Å²) >= 11 is 0. The summed E-state index contributed by atoms with van der Waals surface area (Å²) in [6.07, 6.45) is -4.03. The smallest absolute Gasteiger partial charge is 0.481 e. The van der Waals surface area contributed by atoms with Crippen molar-refractivity contribution in [1.29, 1.82) is 0 Å². The summed E-state index contributed by atoms with van der Waals surface area (Å²) in [4.78, 5) is 36.3. The van der Waals surface area contributed by atoms with E-state index in [1.165, 1.54) is 30.3 Å². The summed E-state index contributed by atoms with van der Waals surface area (Å²) in [5.41, 5.74) is 1.07. The molecular formula is C30H29F5N2O5. The first-order valence-electron chi connectivity index (χ1n) is 13.0. The molecule has 3 aromatic rings. The van der Waals surface area contributed by atoms with Crippen LogP contribution in [0.3, 0.4) is 0 Å². The predicted octanol–water partition coefficient (Wildman–Crippen LogP) is 6.45. The van der Waals surface area contributed by atoms with Gasteiger partial charge in [0.05, 0.1) is 18.0 Å². The molecule has 2 atom stereocenters. The van der Waals surface area contributed by atoms with Gasteiger partial charge in [-0.2, -0.15) is 0 Å². The molecule has 0 heterocycles. The maximum absolute atomic E-state index is 14.7. The molecule has 0 aliphatic heterocycles. The molecular weight excluding hydrogens is 563 g/mol. The second-order valence-corrected chi connectivity index (χ2v) is 9.43. The van der Waals surface area contributed by atoms with Crippen molar-refractivity contribution in [2.75, 3.05) is 6.54 Å². The molecule has 3 aromatic carbocycles. The molecule has 12 heteroatoms. The van der Waals surface area contributed by atoms with Crippen molar-refractivity contribution >= 4 is 17.8 Å². The van der Waals surface area contributed by atoms with Crippen molar-refractivity contribution in [3.05, 3.63) is 100 Å². The van der Waals surface area contributed by atoms with E-state index >= 15 is 0 Å². The number of carboxylic acids is 1. The average Bonchev–Trinajstić information content (AvgIpc) is 2.94. The van der Waals surface area contributed by atoms with E-state index in [2.05, 4.69) is 15.4 Å². The van der Waals surface area contributed by atoms with Crippen LogP contribution < -0.4 is 15.4 Å². The minimum absolute atomic E-state index is 0.0526. The van der Waals surface area contributed by atoms with E-state index in [-0.39, 0.29) is 29.7 Å². The molecule has 0 radical (unpaired) electrons. The zero-order valence-corrected chi connectivity index (χ0v) is 22.5. The van der Waals surface area contributed by atoms with E-state index in [0.29, 0.717) is 24.0 Å². The second kappa shape index (κ2) is 14.4. The van der Waals surface area contributed by atoms with Crippen molar-refractivity contribution in [3.63, 3.8) is 0 Å². The van der Waals surface area contributed by atoms with Gasteiger partial charge < -0.3 is 20.5 Å². The van der Waals surface area contributed by atoms with E-state index in [1.807, 2.05) is 6.92 Å². The van der Waals surface area contributed by atoms with E-state index in [4.69, 9.17) is 5.11 Å². The number of hydrogen-bond acceptors (Lipinski definition) is 4. The Morgan fingerprint density at radius 3 is 2.12 bits per heavy atom. The average molecular weight is 593 g/mol. The van der Waals surface area contributed by atoms with E-state index < -0.39 is 54.3 Å². The fourth-order valence-corrected chi connectivity index (χ4v) is 4.44. The molecule has 2 unspecified atom stereocenters. The summed E-state index contributed by atoms with van der Waals surface area (Å²) < 4.78 is 69.7. The highest BCUT2D eigenvalue weighted by Crippen LogP contribution is 2.36. The third kappa shape index (κ3) is 9.02. The largest absolute Gasteiger partial charge is 0.573 e. The highest BCUT2D eigenvalue weighted by molar-refractivity contribution is 5.95. The molecule has 7 nitrogen and oxygen atoms in total. The van der Waals surface area contributed by atoms with Crippen LogP contribution in [0.1, 0.15) is 75.6 Å². The number of rotatable bonds is 13. The van der Waals surface area contributed by atoms with Gasteiger partial charge >= 0.3 is 12.3 Å². The molecule has 0 aromatic heterocycles. The van der Waals surface area contributed by atoms with Crippen LogP contribution in [0.5, 0.6) is 5.75 Å².